The van der Waals surface area contributed by atoms with Crippen molar-refractivity contribution in [3.05, 3.63) is 23.9 Å². The van der Waals surface area contributed by atoms with Crippen molar-refractivity contribution in [3.63, 3.8) is 0 Å². The molecule has 6 nitrogen and oxygen atoms in total. The van der Waals surface area contributed by atoms with Crippen molar-refractivity contribution in [1.82, 2.24) is 15.2 Å². The number of anilines is 1. The second-order valence-corrected chi connectivity index (χ2v) is 5.86. The van der Waals surface area contributed by atoms with E-state index in [1.807, 2.05) is 6.07 Å². The Labute approximate surface area is 132 Å². The summed E-state index contributed by atoms with van der Waals surface area (Å²) in [6, 6.07) is 3.64. The van der Waals surface area contributed by atoms with Gasteiger partial charge in [-0.25, -0.2) is 4.98 Å². The third-order valence-electron chi connectivity index (χ3n) is 3.63. The molecule has 122 valence electrons. The number of ether oxygens (including phenoxy) is 1. The average molecular weight is 306 g/mol. The van der Waals surface area contributed by atoms with Gasteiger partial charge in [-0.05, 0) is 52.0 Å². The Morgan fingerprint density at radius 2 is 2.32 bits per heavy atom. The zero-order valence-corrected chi connectivity index (χ0v) is 13.5. The lowest BCUT2D eigenvalue weighted by Crippen LogP contribution is -2.31. The number of aromatic nitrogens is 1. The molecule has 0 aliphatic carbocycles. The van der Waals surface area contributed by atoms with Gasteiger partial charge in [-0.1, -0.05) is 0 Å². The summed E-state index contributed by atoms with van der Waals surface area (Å²) in [7, 11) is 4.12. The quantitative estimate of drug-likeness (QED) is 0.710. The van der Waals surface area contributed by atoms with Crippen LogP contribution in [0.2, 0.25) is 0 Å². The largest absolute Gasteiger partial charge is 0.376 e. The van der Waals surface area contributed by atoms with Gasteiger partial charge in [-0.3, -0.25) is 4.79 Å². The van der Waals surface area contributed by atoms with Crippen LogP contribution in [0.25, 0.3) is 0 Å². The summed E-state index contributed by atoms with van der Waals surface area (Å²) in [5.74, 6) is 0.705. The molecule has 0 saturated carbocycles. The fourth-order valence-electron chi connectivity index (χ4n) is 2.36. The molecule has 2 N–H and O–H groups in total. The minimum absolute atomic E-state index is 0.0952. The van der Waals surface area contributed by atoms with Crippen LogP contribution < -0.4 is 10.6 Å². The molecule has 1 fully saturated rings. The smallest absolute Gasteiger partial charge is 0.252 e. The highest BCUT2D eigenvalue weighted by molar-refractivity contribution is 5.94. The fourth-order valence-corrected chi connectivity index (χ4v) is 2.36. The first-order valence-electron chi connectivity index (χ1n) is 7.89. The summed E-state index contributed by atoms with van der Waals surface area (Å²) in [4.78, 5) is 18.4. The Morgan fingerprint density at radius 1 is 1.45 bits per heavy atom. The fraction of sp³-hybridized carbons (Fsp3) is 0.625. The first-order chi connectivity index (χ1) is 10.6. The van der Waals surface area contributed by atoms with Crippen molar-refractivity contribution < 1.29 is 9.53 Å². The first-order valence-corrected chi connectivity index (χ1v) is 7.89. The molecule has 2 rings (SSSR count). The second-order valence-electron chi connectivity index (χ2n) is 5.86. The number of pyridine rings is 1. The molecule has 1 aromatic heterocycles. The standard InChI is InChI=1S/C16H26N4O2/c1-20(2)9-4-8-17-15-7-6-13(11-18-15)16(21)19-12-14-5-3-10-22-14/h6-7,11,14H,3-5,8-10,12H2,1-2H3,(H,17,18)(H,19,21). The minimum atomic E-state index is -0.0952. The van der Waals surface area contributed by atoms with Crippen molar-refractivity contribution in [1.29, 1.82) is 0 Å². The third kappa shape index (κ3) is 5.61. The van der Waals surface area contributed by atoms with Crippen molar-refractivity contribution in [2.75, 3.05) is 45.7 Å². The summed E-state index contributed by atoms with van der Waals surface area (Å²) < 4.78 is 5.49. The number of rotatable bonds is 8. The normalized spacial score (nSPS) is 17.7. The third-order valence-corrected chi connectivity index (χ3v) is 3.63. The van der Waals surface area contributed by atoms with Gasteiger partial charge in [0.05, 0.1) is 11.7 Å². The number of carbonyl (C=O) groups is 1. The van der Waals surface area contributed by atoms with E-state index in [9.17, 15) is 4.79 Å². The highest BCUT2D eigenvalue weighted by Crippen LogP contribution is 2.11. The zero-order chi connectivity index (χ0) is 15.8. The van der Waals surface area contributed by atoms with E-state index in [0.29, 0.717) is 12.1 Å². The minimum Gasteiger partial charge on any atom is -0.376 e. The van der Waals surface area contributed by atoms with Gasteiger partial charge in [0.15, 0.2) is 0 Å². The predicted molar refractivity (Wildman–Crippen MR) is 87.2 cm³/mol. The molecule has 1 aliphatic rings. The van der Waals surface area contributed by atoms with Crippen LogP contribution in [0, 0.1) is 0 Å². The van der Waals surface area contributed by atoms with Crippen molar-refractivity contribution in [2.24, 2.45) is 0 Å². The summed E-state index contributed by atoms with van der Waals surface area (Å²) >= 11 is 0. The molecule has 22 heavy (non-hydrogen) atoms. The first kappa shape index (κ1) is 16.7. The topological polar surface area (TPSA) is 66.5 Å². The molecule has 2 heterocycles. The number of carbonyl (C=O) groups excluding carboxylic acids is 1. The van der Waals surface area contributed by atoms with Crippen LogP contribution in [0.1, 0.15) is 29.6 Å². The van der Waals surface area contributed by atoms with E-state index in [4.69, 9.17) is 4.74 Å². The van der Waals surface area contributed by atoms with E-state index < -0.39 is 0 Å². The van der Waals surface area contributed by atoms with Gasteiger partial charge in [0, 0.05) is 25.9 Å². The number of hydrogen-bond acceptors (Lipinski definition) is 5. The van der Waals surface area contributed by atoms with Gasteiger partial charge in [0.1, 0.15) is 5.82 Å². The van der Waals surface area contributed by atoms with Gasteiger partial charge < -0.3 is 20.3 Å². The summed E-state index contributed by atoms with van der Waals surface area (Å²) in [6.45, 7) is 3.28. The molecule has 1 saturated heterocycles. The van der Waals surface area contributed by atoms with Gasteiger partial charge in [0.25, 0.3) is 5.91 Å². The Morgan fingerprint density at radius 3 is 2.95 bits per heavy atom. The van der Waals surface area contributed by atoms with Crippen molar-refractivity contribution in [3.8, 4) is 0 Å². The maximum Gasteiger partial charge on any atom is 0.252 e. The number of nitrogens with zero attached hydrogens (tertiary/aromatic N) is 2. The van der Waals surface area contributed by atoms with Gasteiger partial charge in [-0.2, -0.15) is 0 Å². The maximum atomic E-state index is 12.0. The lowest BCUT2D eigenvalue weighted by molar-refractivity contribution is 0.0857. The molecule has 1 aromatic rings. The van der Waals surface area contributed by atoms with E-state index in [0.717, 1.165) is 44.8 Å². The van der Waals surface area contributed by atoms with Crippen LogP contribution in [-0.2, 0) is 4.74 Å². The van der Waals surface area contributed by atoms with Gasteiger partial charge in [-0.15, -0.1) is 0 Å². The summed E-state index contributed by atoms with van der Waals surface area (Å²) in [5, 5.41) is 6.15. The Balaban J connectivity index is 1.71. The van der Waals surface area contributed by atoms with Crippen LogP contribution in [0.5, 0.6) is 0 Å². The van der Waals surface area contributed by atoms with E-state index in [1.165, 1.54) is 0 Å². The number of hydrogen-bond donors (Lipinski definition) is 2. The highest BCUT2D eigenvalue weighted by atomic mass is 16.5. The Kier molecular flexibility index (Phi) is 6.61. The van der Waals surface area contributed by atoms with E-state index in [-0.39, 0.29) is 12.0 Å². The summed E-state index contributed by atoms with van der Waals surface area (Å²) in [6.07, 6.45) is 4.93. The molecule has 1 amide bonds. The number of nitrogens with one attached hydrogen (secondary N) is 2. The Hall–Kier alpha value is -1.66. The zero-order valence-electron chi connectivity index (χ0n) is 13.5. The van der Waals surface area contributed by atoms with Gasteiger partial charge in [0.2, 0.25) is 0 Å². The van der Waals surface area contributed by atoms with Crippen molar-refractivity contribution in [2.45, 2.75) is 25.4 Å². The van der Waals surface area contributed by atoms with Crippen LogP contribution in [0.4, 0.5) is 5.82 Å². The number of amides is 1. The molecular formula is C16H26N4O2. The highest BCUT2D eigenvalue weighted by Gasteiger charge is 2.16. The lowest BCUT2D eigenvalue weighted by atomic mass is 10.2. The van der Waals surface area contributed by atoms with Crippen LogP contribution in [-0.4, -0.2) is 62.2 Å². The molecule has 1 unspecified atom stereocenters. The lowest BCUT2D eigenvalue weighted by Gasteiger charge is -2.11. The summed E-state index contributed by atoms with van der Waals surface area (Å²) in [5.41, 5.74) is 0.580. The van der Waals surface area contributed by atoms with Crippen molar-refractivity contribution >= 4 is 11.7 Å². The van der Waals surface area contributed by atoms with E-state index in [2.05, 4.69) is 34.6 Å². The van der Waals surface area contributed by atoms with Crippen LogP contribution >= 0.6 is 0 Å². The van der Waals surface area contributed by atoms with Crippen LogP contribution in [0.3, 0.4) is 0 Å². The maximum absolute atomic E-state index is 12.0. The molecule has 0 bridgehead atoms. The molecule has 1 aliphatic heterocycles. The molecule has 1 atom stereocenters. The Bertz CT molecular complexity index is 456. The van der Waals surface area contributed by atoms with Crippen LogP contribution in [0.15, 0.2) is 18.3 Å². The van der Waals surface area contributed by atoms with Gasteiger partial charge >= 0.3 is 0 Å². The molecular weight excluding hydrogens is 280 g/mol. The molecule has 6 heteroatoms. The SMILES string of the molecule is CN(C)CCCNc1ccc(C(=O)NCC2CCCO2)cn1. The predicted octanol–water partition coefficient (Wildman–Crippen LogP) is 1.35. The molecule has 0 aromatic carbocycles. The molecule has 0 spiro atoms. The van der Waals surface area contributed by atoms with E-state index >= 15 is 0 Å². The average Bonchev–Trinajstić information content (AvgIpc) is 3.03. The monoisotopic (exact) mass is 306 g/mol. The molecule has 0 radical (unpaired) electrons. The second kappa shape index (κ2) is 8.70. The van der Waals surface area contributed by atoms with E-state index in [1.54, 1.807) is 12.3 Å².